The van der Waals surface area contributed by atoms with Gasteiger partial charge in [0.25, 0.3) is 0 Å². The Hall–Kier alpha value is -6.26. The molecule has 258 valence electrons. The molecule has 2 heterocycles. The topological polar surface area (TPSA) is 47.9 Å². The lowest BCUT2D eigenvalue weighted by Crippen LogP contribution is -2.09. The van der Waals surface area contributed by atoms with E-state index in [-0.39, 0.29) is 0 Å². The highest BCUT2D eigenvalue weighted by atomic mass is 15.1. The van der Waals surface area contributed by atoms with Crippen LogP contribution in [0, 0.1) is 0 Å². The van der Waals surface area contributed by atoms with Gasteiger partial charge in [-0.15, -0.1) is 0 Å². The first-order valence-electron chi connectivity index (χ1n) is 19.0. The van der Waals surface area contributed by atoms with Crippen LogP contribution in [-0.2, 0) is 32.1 Å². The molecule has 8 aromatic rings. The number of aryl methyl sites for hydroxylation is 4. The zero-order chi connectivity index (χ0) is 35.5. The van der Waals surface area contributed by atoms with Crippen LogP contribution in [-0.4, -0.2) is 9.13 Å². The van der Waals surface area contributed by atoms with Crippen LogP contribution in [0.25, 0.3) is 66.4 Å². The van der Waals surface area contributed by atoms with E-state index in [9.17, 15) is 0 Å². The molecule has 2 aromatic heterocycles. The van der Waals surface area contributed by atoms with Crippen molar-refractivity contribution >= 4 is 72.1 Å². The van der Waals surface area contributed by atoms with Crippen molar-refractivity contribution in [3.8, 4) is 0 Å². The largest absolute Gasteiger partial charge is 0.384 e. The Balaban J connectivity index is 1.27. The molecule has 0 amide bonds. The Morgan fingerprint density at radius 3 is 2.11 bits per heavy atom. The van der Waals surface area contributed by atoms with Gasteiger partial charge in [-0.1, -0.05) is 97.1 Å². The number of nitrogens with one attached hydrogen (secondary N) is 1. The van der Waals surface area contributed by atoms with Crippen molar-refractivity contribution in [2.24, 2.45) is 5.73 Å². The van der Waals surface area contributed by atoms with Crippen LogP contribution in [0.2, 0.25) is 0 Å². The number of allylic oxidation sites excluding steroid dienone is 5. The summed E-state index contributed by atoms with van der Waals surface area (Å²) in [5.74, 6) is 0.664. The van der Waals surface area contributed by atoms with E-state index >= 15 is 0 Å². The van der Waals surface area contributed by atoms with Crippen LogP contribution in [0.4, 0.5) is 5.69 Å². The van der Waals surface area contributed by atoms with E-state index in [0.29, 0.717) is 5.82 Å². The van der Waals surface area contributed by atoms with Crippen molar-refractivity contribution in [2.75, 3.05) is 5.32 Å². The lowest BCUT2D eigenvalue weighted by Gasteiger charge is -2.18. The van der Waals surface area contributed by atoms with E-state index in [1.807, 2.05) is 13.1 Å². The van der Waals surface area contributed by atoms with E-state index in [1.54, 1.807) is 0 Å². The number of nitrogens with two attached hydrogens (primary N) is 1. The lowest BCUT2D eigenvalue weighted by atomic mass is 9.87. The Labute approximate surface area is 309 Å². The number of hydrogen-bond donors (Lipinski definition) is 2. The first-order chi connectivity index (χ1) is 26.2. The molecule has 4 nitrogen and oxygen atoms in total. The second kappa shape index (κ2) is 12.8. The Morgan fingerprint density at radius 2 is 1.30 bits per heavy atom. The van der Waals surface area contributed by atoms with Crippen molar-refractivity contribution in [1.29, 1.82) is 0 Å². The van der Waals surface area contributed by atoms with E-state index < -0.39 is 0 Å². The van der Waals surface area contributed by atoms with E-state index in [4.69, 9.17) is 5.73 Å². The molecule has 0 bridgehead atoms. The zero-order valence-corrected chi connectivity index (χ0v) is 30.1. The molecule has 3 N–H and O–H groups in total. The molecule has 0 atom stereocenters. The molecule has 4 heteroatoms. The molecule has 2 aliphatic carbocycles. The quantitative estimate of drug-likeness (QED) is 0.156. The van der Waals surface area contributed by atoms with Gasteiger partial charge in [-0.2, -0.15) is 0 Å². The molecule has 6 aromatic carbocycles. The minimum atomic E-state index is 0.664. The molecule has 0 saturated carbocycles. The second-order valence-electron chi connectivity index (χ2n) is 14.6. The number of benzene rings is 6. The third-order valence-electron chi connectivity index (χ3n) is 11.5. The Morgan fingerprint density at radius 1 is 0.642 bits per heavy atom. The summed E-state index contributed by atoms with van der Waals surface area (Å²) >= 11 is 0. The molecule has 53 heavy (non-hydrogen) atoms. The molecule has 0 aliphatic heterocycles. The molecule has 0 spiro atoms. The molecule has 0 radical (unpaired) electrons. The molecular weight excluding hydrogens is 645 g/mol. The summed E-state index contributed by atoms with van der Waals surface area (Å²) in [4.78, 5) is 0. The molecular formula is C49H42N4. The van der Waals surface area contributed by atoms with Gasteiger partial charge in [-0.05, 0) is 121 Å². The van der Waals surface area contributed by atoms with Crippen LogP contribution >= 0.6 is 0 Å². The fourth-order valence-electron chi connectivity index (χ4n) is 8.92. The monoisotopic (exact) mass is 686 g/mol. The number of aromatic nitrogens is 2. The summed E-state index contributed by atoms with van der Waals surface area (Å²) in [5, 5.41) is 11.3. The van der Waals surface area contributed by atoms with Gasteiger partial charge in [0, 0.05) is 45.0 Å². The number of nitrogens with zero attached hydrogens (tertiary/aromatic N) is 2. The third-order valence-corrected chi connectivity index (χ3v) is 11.5. The maximum absolute atomic E-state index is 7.32. The maximum atomic E-state index is 7.32. The van der Waals surface area contributed by atoms with Crippen molar-refractivity contribution < 1.29 is 0 Å². The lowest BCUT2D eigenvalue weighted by molar-refractivity contribution is 0.843. The average Bonchev–Trinajstić information content (AvgIpc) is 3.86. The van der Waals surface area contributed by atoms with Crippen molar-refractivity contribution in [3.05, 3.63) is 173 Å². The fourth-order valence-corrected chi connectivity index (χ4v) is 8.92. The van der Waals surface area contributed by atoms with Crippen LogP contribution in [0.3, 0.4) is 0 Å². The first kappa shape index (κ1) is 31.5. The normalized spacial score (nSPS) is 14.5. The third kappa shape index (κ3) is 5.12. The number of para-hydroxylation sites is 1. The standard InChI is InChI=1S/C49H42N4/c1-2-3-4-5-13-25-52-43-29-36-24-23-35(36)28-40(43)46-38-20-10-11-21-39(38)48-47(49(46)52)41-27-33-18-14-19-34(33)30-44(41)53(48)45(50)31-51-42-22-12-9-17-37(42)26-32-15-7-6-8-16-32/h2-13,15-17,20-22,25,27-31,51H,14,18-19,23-24,26,50H2,1H3/b3-2-,5-4-,25-13+,45-31-. The van der Waals surface area contributed by atoms with Crippen molar-refractivity contribution in [1.82, 2.24) is 9.13 Å². The zero-order valence-electron chi connectivity index (χ0n) is 30.1. The van der Waals surface area contributed by atoms with Crippen LogP contribution in [0.1, 0.15) is 46.7 Å². The SMILES string of the molecule is C\C=C/C=C\C=C\n1c2cc3c(cc2c2c4ccccc4c4c(c5cc6c(cc5n4/C(N)=C\Nc4ccccc4Cc4ccccc4)CCC6)c21)CC3. The summed E-state index contributed by atoms with van der Waals surface area (Å²) in [6.45, 7) is 2.05. The smallest absolute Gasteiger partial charge is 0.124 e. The van der Waals surface area contributed by atoms with E-state index in [2.05, 4.69) is 154 Å². The van der Waals surface area contributed by atoms with Crippen LogP contribution in [0.5, 0.6) is 0 Å². The van der Waals surface area contributed by atoms with Crippen LogP contribution < -0.4 is 11.1 Å². The molecule has 2 aliphatic rings. The van der Waals surface area contributed by atoms with Gasteiger partial charge < -0.3 is 15.6 Å². The van der Waals surface area contributed by atoms with Gasteiger partial charge >= 0.3 is 0 Å². The minimum absolute atomic E-state index is 0.664. The average molecular weight is 687 g/mol. The van der Waals surface area contributed by atoms with Gasteiger partial charge in [-0.3, -0.25) is 4.57 Å². The predicted molar refractivity (Wildman–Crippen MR) is 226 cm³/mol. The second-order valence-corrected chi connectivity index (χ2v) is 14.6. The highest BCUT2D eigenvalue weighted by Gasteiger charge is 2.26. The molecule has 10 rings (SSSR count). The van der Waals surface area contributed by atoms with Crippen molar-refractivity contribution in [3.63, 3.8) is 0 Å². The van der Waals surface area contributed by atoms with Crippen LogP contribution in [0.15, 0.2) is 140 Å². The Bertz CT molecular complexity index is 2870. The molecule has 0 fully saturated rings. The van der Waals surface area contributed by atoms with Gasteiger partial charge in [0.15, 0.2) is 0 Å². The van der Waals surface area contributed by atoms with Crippen molar-refractivity contribution in [2.45, 2.75) is 45.4 Å². The molecule has 0 unspecified atom stereocenters. The maximum Gasteiger partial charge on any atom is 0.124 e. The summed E-state index contributed by atoms with van der Waals surface area (Å²) in [5.41, 5.74) is 21.5. The van der Waals surface area contributed by atoms with Gasteiger partial charge in [0.1, 0.15) is 5.82 Å². The summed E-state index contributed by atoms with van der Waals surface area (Å²) < 4.78 is 4.78. The predicted octanol–water partition coefficient (Wildman–Crippen LogP) is 11.7. The first-order valence-corrected chi connectivity index (χ1v) is 19.0. The summed E-state index contributed by atoms with van der Waals surface area (Å²) in [7, 11) is 0. The number of rotatable bonds is 8. The van der Waals surface area contributed by atoms with Gasteiger partial charge in [0.2, 0.25) is 0 Å². The van der Waals surface area contributed by atoms with Gasteiger partial charge in [-0.25, -0.2) is 0 Å². The van der Waals surface area contributed by atoms with Gasteiger partial charge in [0.05, 0.1) is 22.1 Å². The fraction of sp³-hybridized carbons (Fsp3) is 0.143. The number of anilines is 1. The highest BCUT2D eigenvalue weighted by Crippen LogP contribution is 2.47. The summed E-state index contributed by atoms with van der Waals surface area (Å²) in [6.07, 6.45) is 21.3. The highest BCUT2D eigenvalue weighted by molar-refractivity contribution is 6.37. The summed E-state index contributed by atoms with van der Waals surface area (Å²) in [6, 6.07) is 37.9. The number of fused-ring (bicyclic) bond motifs is 12. The number of hydrogen-bond acceptors (Lipinski definition) is 2. The van der Waals surface area contributed by atoms with E-state index in [1.165, 1.54) is 83.2 Å². The Kier molecular flexibility index (Phi) is 7.57. The minimum Gasteiger partial charge on any atom is -0.384 e. The molecule has 0 saturated heterocycles. The van der Waals surface area contributed by atoms with E-state index in [0.717, 1.165) is 48.8 Å².